The second-order valence-corrected chi connectivity index (χ2v) is 7.44. The number of benzene rings is 2. The summed E-state index contributed by atoms with van der Waals surface area (Å²) < 4.78 is 10.9. The van der Waals surface area contributed by atoms with Crippen LogP contribution >= 0.6 is 0 Å². The van der Waals surface area contributed by atoms with Crippen LogP contribution in [0.4, 0.5) is 5.69 Å². The smallest absolute Gasteiger partial charge is 0.255 e. The van der Waals surface area contributed by atoms with Gasteiger partial charge in [-0.25, -0.2) is 4.98 Å². The third-order valence-corrected chi connectivity index (χ3v) is 5.49. The van der Waals surface area contributed by atoms with E-state index >= 15 is 0 Å². The topological polar surface area (TPSA) is 76.2 Å². The summed E-state index contributed by atoms with van der Waals surface area (Å²) in [4.78, 5) is 21.0. The molecule has 0 atom stereocenters. The third kappa shape index (κ3) is 4.21. The quantitative estimate of drug-likeness (QED) is 0.598. The van der Waals surface area contributed by atoms with Gasteiger partial charge in [0.2, 0.25) is 0 Å². The maximum absolute atomic E-state index is 12.7. The lowest BCUT2D eigenvalue weighted by Gasteiger charge is -2.18. The molecule has 29 heavy (non-hydrogen) atoms. The maximum Gasteiger partial charge on any atom is 0.255 e. The molecule has 0 spiro atoms. The number of aromatic amines is 1. The van der Waals surface area contributed by atoms with Crippen LogP contribution in [-0.2, 0) is 0 Å². The van der Waals surface area contributed by atoms with Crippen molar-refractivity contribution in [2.45, 2.75) is 44.9 Å². The van der Waals surface area contributed by atoms with Crippen molar-refractivity contribution in [3.05, 3.63) is 47.8 Å². The van der Waals surface area contributed by atoms with Crippen molar-refractivity contribution >= 4 is 22.6 Å². The Labute approximate surface area is 170 Å². The van der Waals surface area contributed by atoms with Crippen LogP contribution in [0.5, 0.6) is 11.5 Å². The Morgan fingerprint density at radius 3 is 2.62 bits per heavy atom. The molecule has 3 aromatic rings. The van der Waals surface area contributed by atoms with Crippen LogP contribution in [0.1, 0.15) is 61.1 Å². The number of rotatable bonds is 6. The largest absolute Gasteiger partial charge is 0.497 e. The van der Waals surface area contributed by atoms with Crippen molar-refractivity contribution in [3.63, 3.8) is 0 Å². The number of carbonyl (C=O) groups excluding carboxylic acids is 1. The van der Waals surface area contributed by atoms with Gasteiger partial charge in [-0.2, -0.15) is 0 Å². The lowest BCUT2D eigenvalue weighted by atomic mass is 9.89. The highest BCUT2D eigenvalue weighted by atomic mass is 16.5. The molecule has 6 nitrogen and oxygen atoms in total. The highest BCUT2D eigenvalue weighted by Crippen LogP contribution is 2.35. The van der Waals surface area contributed by atoms with Gasteiger partial charge in [0.15, 0.2) is 0 Å². The number of anilines is 1. The average Bonchev–Trinajstić information content (AvgIpc) is 3.17. The van der Waals surface area contributed by atoms with Crippen LogP contribution in [0.3, 0.4) is 0 Å². The van der Waals surface area contributed by atoms with Gasteiger partial charge in [-0.3, -0.25) is 4.79 Å². The molecule has 1 heterocycles. The van der Waals surface area contributed by atoms with Crippen LogP contribution in [0.2, 0.25) is 0 Å². The lowest BCUT2D eigenvalue weighted by molar-refractivity contribution is 0.102. The van der Waals surface area contributed by atoms with E-state index in [1.54, 1.807) is 31.4 Å². The summed E-state index contributed by atoms with van der Waals surface area (Å²) >= 11 is 0. The molecule has 1 amide bonds. The molecule has 1 aliphatic carbocycles. The first-order valence-corrected chi connectivity index (χ1v) is 10.3. The van der Waals surface area contributed by atoms with E-state index in [-0.39, 0.29) is 5.91 Å². The van der Waals surface area contributed by atoms with Gasteiger partial charge in [-0.15, -0.1) is 0 Å². The van der Waals surface area contributed by atoms with Gasteiger partial charge in [0.25, 0.3) is 5.91 Å². The number of ether oxygens (including phenoxy) is 2. The maximum atomic E-state index is 12.7. The summed E-state index contributed by atoms with van der Waals surface area (Å²) in [6, 6.07) is 10.8. The lowest BCUT2D eigenvalue weighted by Crippen LogP contribution is -2.13. The molecule has 2 N–H and O–H groups in total. The van der Waals surface area contributed by atoms with Crippen LogP contribution in [0.25, 0.3) is 11.0 Å². The monoisotopic (exact) mass is 393 g/mol. The van der Waals surface area contributed by atoms with E-state index in [4.69, 9.17) is 14.5 Å². The Morgan fingerprint density at radius 2 is 1.93 bits per heavy atom. The van der Waals surface area contributed by atoms with Crippen LogP contribution in [0, 0.1) is 0 Å². The molecule has 0 aliphatic heterocycles. The number of aromatic nitrogens is 2. The number of nitrogens with zero attached hydrogens (tertiary/aromatic N) is 1. The van der Waals surface area contributed by atoms with Crippen molar-refractivity contribution in [1.29, 1.82) is 0 Å². The van der Waals surface area contributed by atoms with Gasteiger partial charge in [-0.05, 0) is 50.1 Å². The summed E-state index contributed by atoms with van der Waals surface area (Å²) in [5, 5.41) is 2.97. The van der Waals surface area contributed by atoms with E-state index in [0.717, 1.165) is 16.9 Å². The molecule has 4 rings (SSSR count). The van der Waals surface area contributed by atoms with Crippen molar-refractivity contribution in [2.24, 2.45) is 0 Å². The Morgan fingerprint density at radius 1 is 1.17 bits per heavy atom. The third-order valence-electron chi connectivity index (χ3n) is 5.49. The van der Waals surface area contributed by atoms with E-state index in [1.807, 2.05) is 19.1 Å². The molecule has 1 aromatic heterocycles. The number of H-pyrrole nitrogens is 1. The number of amides is 1. The van der Waals surface area contributed by atoms with Gasteiger partial charge in [0, 0.05) is 17.5 Å². The Hall–Kier alpha value is -3.02. The Balaban J connectivity index is 1.62. The fourth-order valence-corrected chi connectivity index (χ4v) is 3.94. The van der Waals surface area contributed by atoms with Gasteiger partial charge < -0.3 is 19.8 Å². The molecule has 0 bridgehead atoms. The number of hydrogen-bond donors (Lipinski definition) is 2. The molecule has 152 valence electrons. The van der Waals surface area contributed by atoms with Gasteiger partial charge >= 0.3 is 0 Å². The van der Waals surface area contributed by atoms with Crippen LogP contribution in [0.15, 0.2) is 36.4 Å². The summed E-state index contributed by atoms with van der Waals surface area (Å²) in [6.45, 7) is 2.44. The van der Waals surface area contributed by atoms with E-state index < -0.39 is 0 Å². The van der Waals surface area contributed by atoms with Crippen LogP contribution in [-0.4, -0.2) is 29.6 Å². The van der Waals surface area contributed by atoms with Gasteiger partial charge in [0.1, 0.15) is 17.3 Å². The fourth-order valence-electron chi connectivity index (χ4n) is 3.94. The normalized spacial score (nSPS) is 14.7. The van der Waals surface area contributed by atoms with E-state index in [1.165, 1.54) is 32.1 Å². The molecule has 0 unspecified atom stereocenters. The molecule has 6 heteroatoms. The highest BCUT2D eigenvalue weighted by molar-refractivity contribution is 6.06. The fraction of sp³-hybridized carbons (Fsp3) is 0.391. The molecule has 0 radical (unpaired) electrons. The molecular formula is C23H27N3O3. The van der Waals surface area contributed by atoms with Crippen molar-refractivity contribution in [3.8, 4) is 11.5 Å². The van der Waals surface area contributed by atoms with E-state index in [2.05, 4.69) is 10.3 Å². The Kier molecular flexibility index (Phi) is 5.69. The second-order valence-electron chi connectivity index (χ2n) is 7.44. The zero-order valence-corrected chi connectivity index (χ0v) is 17.0. The molecule has 1 fully saturated rings. The van der Waals surface area contributed by atoms with E-state index in [0.29, 0.717) is 35.3 Å². The number of carbonyl (C=O) groups is 1. The highest BCUT2D eigenvalue weighted by Gasteiger charge is 2.20. The summed E-state index contributed by atoms with van der Waals surface area (Å²) in [5.41, 5.74) is 2.97. The zero-order valence-electron chi connectivity index (χ0n) is 17.0. The standard InChI is InChI=1S/C23H27N3O3/c1-3-29-21-14-19-18(24-22(25-19)15-7-5-4-6-8-15)13-20(21)26-23(27)16-9-11-17(28-2)12-10-16/h9-15H,3-8H2,1-2H3,(H,24,25)(H,26,27). The van der Waals surface area contributed by atoms with Gasteiger partial charge in [0.05, 0.1) is 30.4 Å². The molecular weight excluding hydrogens is 366 g/mol. The number of imidazole rings is 1. The Bertz CT molecular complexity index is 989. The summed E-state index contributed by atoms with van der Waals surface area (Å²) in [5.74, 6) is 2.69. The SMILES string of the molecule is CCOc1cc2[nH]c(C3CCCCC3)nc2cc1NC(=O)c1ccc(OC)cc1. The predicted octanol–water partition coefficient (Wildman–Crippen LogP) is 5.27. The number of methoxy groups -OCH3 is 1. The molecule has 1 saturated carbocycles. The zero-order chi connectivity index (χ0) is 20.2. The second kappa shape index (κ2) is 8.55. The van der Waals surface area contributed by atoms with Crippen molar-refractivity contribution < 1.29 is 14.3 Å². The minimum absolute atomic E-state index is 0.198. The predicted molar refractivity (Wildman–Crippen MR) is 114 cm³/mol. The molecule has 1 aliphatic rings. The summed E-state index contributed by atoms with van der Waals surface area (Å²) in [7, 11) is 1.60. The van der Waals surface area contributed by atoms with Gasteiger partial charge in [-0.1, -0.05) is 19.3 Å². The first-order chi connectivity index (χ1) is 14.2. The average molecular weight is 393 g/mol. The van der Waals surface area contributed by atoms with Crippen molar-refractivity contribution in [2.75, 3.05) is 19.0 Å². The van der Waals surface area contributed by atoms with Crippen LogP contribution < -0.4 is 14.8 Å². The molecule has 0 saturated heterocycles. The number of nitrogens with one attached hydrogen (secondary N) is 2. The molecule has 2 aromatic carbocycles. The first-order valence-electron chi connectivity index (χ1n) is 10.3. The number of fused-ring (bicyclic) bond motifs is 1. The van der Waals surface area contributed by atoms with Crippen molar-refractivity contribution in [1.82, 2.24) is 9.97 Å². The first kappa shape index (κ1) is 19.3. The summed E-state index contributed by atoms with van der Waals surface area (Å²) in [6.07, 6.45) is 6.19. The van der Waals surface area contributed by atoms with E-state index in [9.17, 15) is 4.79 Å². The minimum atomic E-state index is -0.198. The number of hydrogen-bond acceptors (Lipinski definition) is 4. The minimum Gasteiger partial charge on any atom is -0.497 e.